The molecule has 79 heavy (non-hydrogen) atoms. The van der Waals surface area contributed by atoms with Gasteiger partial charge < -0.3 is 14.2 Å². The van der Waals surface area contributed by atoms with Crippen molar-refractivity contribution in [1.82, 2.24) is 0 Å². The number of hydrogen-bond donors (Lipinski definition) is 0. The van der Waals surface area contributed by atoms with Gasteiger partial charge in [-0.05, 0) is 139 Å². The van der Waals surface area contributed by atoms with Crippen LogP contribution < -0.4 is 9.80 Å². The Hall–Kier alpha value is -9.96. The molecule has 0 fully saturated rings. The normalized spacial score (nSPS) is 13.6. The molecule has 1 heterocycles. The fourth-order valence-electron chi connectivity index (χ4n) is 14.1. The maximum absolute atomic E-state index is 7.34. The third kappa shape index (κ3) is 6.48. The average Bonchev–Trinajstić information content (AvgIpc) is 2.93. The fourth-order valence-corrected chi connectivity index (χ4v) is 14.1. The van der Waals surface area contributed by atoms with Crippen LogP contribution in [0, 0.1) is 0 Å². The van der Waals surface area contributed by atoms with Crippen molar-refractivity contribution in [3.63, 3.8) is 0 Å². The van der Waals surface area contributed by atoms with Crippen LogP contribution in [0.4, 0.5) is 34.1 Å². The zero-order chi connectivity index (χ0) is 52.4. The summed E-state index contributed by atoms with van der Waals surface area (Å²) in [6.45, 7) is 4.76. The molecule has 0 aliphatic heterocycles. The van der Waals surface area contributed by atoms with Gasteiger partial charge in [-0.25, -0.2) is 0 Å². The van der Waals surface area contributed by atoms with Gasteiger partial charge in [0.2, 0.25) is 0 Å². The van der Waals surface area contributed by atoms with Crippen LogP contribution in [0.3, 0.4) is 0 Å². The van der Waals surface area contributed by atoms with E-state index < -0.39 is 5.41 Å². The summed E-state index contributed by atoms with van der Waals surface area (Å²) < 4.78 is 7.34. The molecule has 3 nitrogen and oxygen atoms in total. The summed E-state index contributed by atoms with van der Waals surface area (Å²) in [7, 11) is 0. The van der Waals surface area contributed by atoms with E-state index in [1.807, 2.05) is 0 Å². The van der Waals surface area contributed by atoms with Crippen LogP contribution >= 0.6 is 0 Å². The molecule has 13 aromatic rings. The summed E-state index contributed by atoms with van der Waals surface area (Å²) in [5.74, 6) is 0. The van der Waals surface area contributed by atoms with Crippen molar-refractivity contribution in [2.75, 3.05) is 9.80 Å². The van der Waals surface area contributed by atoms with E-state index in [1.54, 1.807) is 0 Å². The van der Waals surface area contributed by atoms with E-state index in [2.05, 4.69) is 303 Å². The zero-order valence-electron chi connectivity index (χ0n) is 43.9. The predicted molar refractivity (Wildman–Crippen MR) is 328 cm³/mol. The van der Waals surface area contributed by atoms with Gasteiger partial charge >= 0.3 is 0 Å². The second kappa shape index (κ2) is 17.3. The molecule has 0 radical (unpaired) electrons. The van der Waals surface area contributed by atoms with E-state index in [9.17, 15) is 0 Å². The number of hydrogen-bond acceptors (Lipinski definition) is 3. The highest BCUT2D eigenvalue weighted by Crippen LogP contribution is 2.66. The summed E-state index contributed by atoms with van der Waals surface area (Å²) in [6.07, 6.45) is 0. The predicted octanol–water partition coefficient (Wildman–Crippen LogP) is 20.5. The molecular formula is C76H52N2O. The van der Waals surface area contributed by atoms with E-state index in [1.165, 1.54) is 72.3 Å². The molecule has 1 spiro atoms. The van der Waals surface area contributed by atoms with Crippen LogP contribution in [0.25, 0.3) is 77.6 Å². The minimum atomic E-state index is -0.733. The lowest BCUT2D eigenvalue weighted by atomic mass is 9.70. The Balaban J connectivity index is 1.02. The molecule has 3 aliphatic carbocycles. The van der Waals surface area contributed by atoms with Gasteiger partial charge in [-0.2, -0.15) is 0 Å². The smallest absolute Gasteiger partial charge is 0.160 e. The first-order valence-electron chi connectivity index (χ1n) is 27.5. The van der Waals surface area contributed by atoms with E-state index in [0.29, 0.717) is 0 Å². The number of nitrogens with zero attached hydrogens (tertiary/aromatic N) is 2. The minimum absolute atomic E-state index is 0.195. The summed E-state index contributed by atoms with van der Waals surface area (Å²) in [4.78, 5) is 4.97. The van der Waals surface area contributed by atoms with Crippen LogP contribution in [-0.2, 0) is 10.8 Å². The van der Waals surface area contributed by atoms with Gasteiger partial charge in [-0.3, -0.25) is 0 Å². The summed E-state index contributed by atoms with van der Waals surface area (Å²) >= 11 is 0. The Morgan fingerprint density at radius 3 is 1.38 bits per heavy atom. The molecule has 0 unspecified atom stereocenters. The second-order valence-electron chi connectivity index (χ2n) is 21.9. The zero-order valence-corrected chi connectivity index (χ0v) is 43.9. The molecule has 0 saturated carbocycles. The summed E-state index contributed by atoms with van der Waals surface area (Å²) in [6, 6.07) is 103. The quantitative estimate of drug-likeness (QED) is 0.151. The number of anilines is 6. The van der Waals surface area contributed by atoms with Gasteiger partial charge in [-0.1, -0.05) is 232 Å². The number of para-hydroxylation sites is 4. The first kappa shape index (κ1) is 45.3. The average molecular weight is 1010 g/mol. The molecular weight excluding hydrogens is 957 g/mol. The van der Waals surface area contributed by atoms with Crippen LogP contribution in [0.1, 0.15) is 47.2 Å². The molecule has 16 rings (SSSR count). The first-order valence-corrected chi connectivity index (χ1v) is 27.5. The Bertz CT molecular complexity index is 4540. The highest BCUT2D eigenvalue weighted by molar-refractivity contribution is 6.20. The number of fused-ring (bicyclic) bond motifs is 17. The summed E-state index contributed by atoms with van der Waals surface area (Å²) in [5, 5.41) is 2.20. The molecule has 3 aliphatic rings. The summed E-state index contributed by atoms with van der Waals surface area (Å²) in [5.41, 5.74) is 27.0. The van der Waals surface area contributed by atoms with Crippen LogP contribution in [0.5, 0.6) is 0 Å². The van der Waals surface area contributed by atoms with Gasteiger partial charge in [0.25, 0.3) is 0 Å². The SMILES string of the molecule is CC1(C)c2ccccc2-c2ccc(N(c3ccc4c(c3)C3(c5ccccc5-c5ccccc53)c3cc(N(c5ccccc5)c5ccccc5-c5ccccc5)c5oc6ccccc6c5c3-4)c3ccccc3-c3ccccc3)cc21. The van der Waals surface area contributed by atoms with E-state index in [-0.39, 0.29) is 5.41 Å². The monoisotopic (exact) mass is 1010 g/mol. The Kier molecular flexibility index (Phi) is 9.90. The Morgan fingerprint density at radius 1 is 0.304 bits per heavy atom. The number of furan rings is 1. The van der Waals surface area contributed by atoms with Crippen LogP contribution in [0.2, 0.25) is 0 Å². The highest BCUT2D eigenvalue weighted by atomic mass is 16.3. The number of rotatable bonds is 8. The third-order valence-electron chi connectivity index (χ3n) is 17.5. The molecule has 0 bridgehead atoms. The third-order valence-corrected chi connectivity index (χ3v) is 17.5. The molecule has 0 N–H and O–H groups in total. The number of benzene rings is 12. The fraction of sp³-hybridized carbons (Fsp3) is 0.0526. The van der Waals surface area contributed by atoms with Gasteiger partial charge in [-0.15, -0.1) is 0 Å². The van der Waals surface area contributed by atoms with Crippen molar-refractivity contribution >= 4 is 56.1 Å². The van der Waals surface area contributed by atoms with Crippen molar-refractivity contribution in [3.8, 4) is 55.6 Å². The topological polar surface area (TPSA) is 19.6 Å². The standard InChI is InChI=1S/C76H52N2O/c1-75(2)62-36-18-12-32-56(62)59-44-42-52(46-65(59)75)77(68-39-21-15-30-54(68)49-24-6-3-7-25-49)53-43-45-60-66(47-53)76(63-37-19-13-33-57(63)58-34-14-20-38-64(58)76)67-48-70(74-73(72(60)67)61-35-17-23-41-71(61)79-74)78(51-28-10-5-11-29-51)69-40-22-16-31-55(69)50-26-8-4-9-27-50/h3-48H,1-2H3. The van der Waals surface area contributed by atoms with Crippen LogP contribution in [0.15, 0.2) is 283 Å². The van der Waals surface area contributed by atoms with Crippen molar-refractivity contribution in [2.45, 2.75) is 24.7 Å². The van der Waals surface area contributed by atoms with E-state index in [0.717, 1.165) is 72.8 Å². The van der Waals surface area contributed by atoms with Crippen molar-refractivity contribution in [3.05, 3.63) is 312 Å². The lowest BCUT2D eigenvalue weighted by molar-refractivity contribution is 0.660. The first-order chi connectivity index (χ1) is 39.0. The lowest BCUT2D eigenvalue weighted by Crippen LogP contribution is -2.26. The lowest BCUT2D eigenvalue weighted by Gasteiger charge is -2.34. The van der Waals surface area contributed by atoms with Crippen molar-refractivity contribution in [1.29, 1.82) is 0 Å². The maximum atomic E-state index is 7.34. The van der Waals surface area contributed by atoms with Gasteiger partial charge in [0.1, 0.15) is 5.58 Å². The molecule has 372 valence electrons. The van der Waals surface area contributed by atoms with Crippen LogP contribution in [-0.4, -0.2) is 0 Å². The molecule has 0 atom stereocenters. The molecule has 0 saturated heterocycles. The van der Waals surface area contributed by atoms with E-state index >= 15 is 0 Å². The van der Waals surface area contributed by atoms with Gasteiger partial charge in [0.15, 0.2) is 5.58 Å². The van der Waals surface area contributed by atoms with E-state index in [4.69, 9.17) is 4.42 Å². The maximum Gasteiger partial charge on any atom is 0.160 e. The molecule has 3 heteroatoms. The molecule has 0 amide bonds. The minimum Gasteiger partial charge on any atom is -0.454 e. The molecule has 1 aromatic heterocycles. The molecule has 12 aromatic carbocycles. The Morgan fingerprint density at radius 2 is 0.759 bits per heavy atom. The Labute approximate surface area is 460 Å². The second-order valence-corrected chi connectivity index (χ2v) is 21.9. The van der Waals surface area contributed by atoms with Gasteiger partial charge in [0, 0.05) is 44.4 Å². The van der Waals surface area contributed by atoms with Gasteiger partial charge in [0.05, 0.1) is 22.5 Å². The largest absolute Gasteiger partial charge is 0.454 e. The van der Waals surface area contributed by atoms with Crippen molar-refractivity contribution < 1.29 is 4.42 Å². The van der Waals surface area contributed by atoms with Crippen molar-refractivity contribution in [2.24, 2.45) is 0 Å². The highest BCUT2D eigenvalue weighted by Gasteiger charge is 2.53.